The van der Waals surface area contributed by atoms with Crippen molar-refractivity contribution in [3.05, 3.63) is 67.8 Å². The topological polar surface area (TPSA) is 258 Å². The summed E-state index contributed by atoms with van der Waals surface area (Å²) in [6, 6.07) is 8.65. The lowest BCUT2D eigenvalue weighted by atomic mass is 10.0. The highest BCUT2D eigenvalue weighted by Crippen LogP contribution is 2.28. The molecule has 0 amide bonds. The third-order valence-corrected chi connectivity index (χ3v) is 6.11. The van der Waals surface area contributed by atoms with E-state index >= 15 is 0 Å². The average molecular weight is 655 g/mol. The van der Waals surface area contributed by atoms with E-state index < -0.39 is 34.8 Å². The van der Waals surface area contributed by atoms with Crippen LogP contribution in [0.15, 0.2) is 46.6 Å². The van der Waals surface area contributed by atoms with E-state index in [1.807, 2.05) is 0 Å². The predicted molar refractivity (Wildman–Crippen MR) is 165 cm³/mol. The summed E-state index contributed by atoms with van der Waals surface area (Å²) in [6.45, 7) is -0.737. The number of aliphatic hydroxyl groups excluding tert-OH is 4. The molecule has 18 nitrogen and oxygen atoms in total. The van der Waals surface area contributed by atoms with Gasteiger partial charge in [-0.1, -0.05) is 12.1 Å². The molecule has 0 fully saturated rings. The van der Waals surface area contributed by atoms with Gasteiger partial charge in [-0.3, -0.25) is 31.1 Å². The van der Waals surface area contributed by atoms with Gasteiger partial charge in [0.1, 0.15) is 24.0 Å². The molecule has 0 unspecified atom stereocenters. The zero-order valence-electron chi connectivity index (χ0n) is 23.2. The van der Waals surface area contributed by atoms with E-state index in [9.17, 15) is 35.5 Å². The number of hydrogen-bond donors (Lipinski definition) is 8. The van der Waals surface area contributed by atoms with Crippen molar-refractivity contribution >= 4 is 58.0 Å². The summed E-state index contributed by atoms with van der Waals surface area (Å²) in [6.07, 6.45) is -4.50. The van der Waals surface area contributed by atoms with E-state index in [1.165, 1.54) is 38.5 Å². The van der Waals surface area contributed by atoms with Crippen LogP contribution in [-0.4, -0.2) is 91.6 Å². The molecule has 238 valence electrons. The summed E-state index contributed by atoms with van der Waals surface area (Å²) in [5.74, 6) is 0.175. The van der Waals surface area contributed by atoms with E-state index in [2.05, 4.69) is 31.7 Å². The number of aliphatic hydroxyl groups is 4. The molecule has 0 aliphatic carbocycles. The Hall–Kier alpha value is -4.60. The number of thiocarbonyl (C=S) groups is 2. The summed E-state index contributed by atoms with van der Waals surface area (Å²) in [5.41, 5.74) is 5.04. The Morgan fingerprint density at radius 2 is 1.39 bits per heavy atom. The molecule has 0 radical (unpaired) electrons. The van der Waals surface area contributed by atoms with Gasteiger partial charge in [-0.2, -0.15) is 10.2 Å². The summed E-state index contributed by atoms with van der Waals surface area (Å²) >= 11 is 10.3. The van der Waals surface area contributed by atoms with Gasteiger partial charge >= 0.3 is 11.4 Å². The molecule has 2 rings (SSSR count). The van der Waals surface area contributed by atoms with Crippen LogP contribution in [-0.2, 0) is 13.1 Å². The van der Waals surface area contributed by atoms with Crippen LogP contribution in [0.3, 0.4) is 0 Å². The van der Waals surface area contributed by atoms with E-state index in [0.717, 1.165) is 6.21 Å². The van der Waals surface area contributed by atoms with Gasteiger partial charge in [-0.05, 0) is 47.7 Å². The second-order valence-corrected chi connectivity index (χ2v) is 9.41. The molecule has 0 spiro atoms. The van der Waals surface area contributed by atoms with Crippen molar-refractivity contribution in [3.8, 4) is 11.5 Å². The first-order chi connectivity index (χ1) is 20.9. The molecular weight excluding hydrogens is 624 g/mol. The first-order valence-corrected chi connectivity index (χ1v) is 13.2. The molecule has 0 aliphatic rings. The Morgan fingerprint density at radius 1 is 0.909 bits per heavy atom. The van der Waals surface area contributed by atoms with Gasteiger partial charge in [0.2, 0.25) is 0 Å². The van der Waals surface area contributed by atoms with Crippen LogP contribution in [0, 0.1) is 20.2 Å². The number of rotatable bonds is 15. The number of benzene rings is 2. The maximum Gasteiger partial charge on any atom is 0.311 e. The van der Waals surface area contributed by atoms with Crippen LogP contribution in [0.1, 0.15) is 11.1 Å². The Kier molecular flexibility index (Phi) is 14.2. The highest BCUT2D eigenvalue weighted by molar-refractivity contribution is 7.80. The van der Waals surface area contributed by atoms with Gasteiger partial charge in [0.25, 0.3) is 0 Å². The van der Waals surface area contributed by atoms with Crippen molar-refractivity contribution in [2.24, 2.45) is 10.2 Å². The maximum atomic E-state index is 11.2. The third kappa shape index (κ3) is 10.6. The highest BCUT2D eigenvalue weighted by atomic mass is 32.1. The summed E-state index contributed by atoms with van der Waals surface area (Å²) in [4.78, 5) is 21.3. The van der Waals surface area contributed by atoms with E-state index in [1.54, 1.807) is 12.1 Å². The number of nitro groups is 2. The molecule has 3 atom stereocenters. The molecule has 20 heteroatoms. The highest BCUT2D eigenvalue weighted by Gasteiger charge is 2.28. The predicted octanol–water partition coefficient (Wildman–Crippen LogP) is -0.435. The maximum absolute atomic E-state index is 11.2. The first kappa shape index (κ1) is 35.6. The van der Waals surface area contributed by atoms with Crippen LogP contribution in [0.25, 0.3) is 0 Å². The quantitative estimate of drug-likeness (QED) is 0.0524. The standard InChI is InChI=1S/C24H30N8O10S2/c1-41-19-5-3-13(7-16(19)31(37)38)9-25-23(43)29-27-11-15(21(35)22(36)18(34)12-33)28-30-24(44)26-10-14-4-6-20(42-2)17(8-14)32(39)40/h3-8,11,18,21-22,33-36H,9-10,12H2,1-2H3,(H2,25,29,43)(H2,26,30,44)/t18-,21-,22-/m1/s1. The number of ether oxygens (including phenoxy) is 2. The van der Waals surface area contributed by atoms with Crippen molar-refractivity contribution in [3.63, 3.8) is 0 Å². The van der Waals surface area contributed by atoms with Crippen LogP contribution < -0.4 is 31.0 Å². The van der Waals surface area contributed by atoms with Crippen molar-refractivity contribution < 1.29 is 39.7 Å². The summed E-state index contributed by atoms with van der Waals surface area (Å²) in [5, 5.41) is 75.1. The molecular formula is C24H30N8O10S2. The lowest BCUT2D eigenvalue weighted by Gasteiger charge is -2.21. The molecule has 0 heterocycles. The number of methoxy groups -OCH3 is 2. The summed E-state index contributed by atoms with van der Waals surface area (Å²) in [7, 11) is 2.62. The zero-order chi connectivity index (χ0) is 32.8. The van der Waals surface area contributed by atoms with Crippen LogP contribution >= 0.6 is 24.4 Å². The second kappa shape index (κ2) is 17.5. The smallest absolute Gasteiger partial charge is 0.311 e. The molecule has 8 N–H and O–H groups in total. The minimum absolute atomic E-state index is 0.0248. The van der Waals surface area contributed by atoms with Crippen molar-refractivity contribution in [1.82, 2.24) is 21.5 Å². The monoisotopic (exact) mass is 654 g/mol. The molecule has 2 aromatic carbocycles. The molecule has 2 aromatic rings. The Labute approximate surface area is 260 Å². The van der Waals surface area contributed by atoms with Crippen LogP contribution in [0.5, 0.6) is 11.5 Å². The third-order valence-electron chi connectivity index (χ3n) is 5.64. The van der Waals surface area contributed by atoms with Gasteiger partial charge in [-0.15, -0.1) is 0 Å². The van der Waals surface area contributed by atoms with Crippen molar-refractivity contribution in [1.29, 1.82) is 0 Å². The molecule has 0 aromatic heterocycles. The fourth-order valence-corrected chi connectivity index (χ4v) is 3.60. The van der Waals surface area contributed by atoms with Crippen molar-refractivity contribution in [2.45, 2.75) is 31.4 Å². The molecule has 0 bridgehead atoms. The zero-order valence-corrected chi connectivity index (χ0v) is 24.9. The number of nitrogens with one attached hydrogen (secondary N) is 4. The second-order valence-electron chi connectivity index (χ2n) is 8.60. The summed E-state index contributed by atoms with van der Waals surface area (Å²) < 4.78 is 9.93. The molecule has 0 saturated heterocycles. The molecule has 0 aliphatic heterocycles. The van der Waals surface area contributed by atoms with Gasteiger partial charge in [0.05, 0.1) is 36.9 Å². The fourth-order valence-electron chi connectivity index (χ4n) is 3.36. The number of hydrazone groups is 2. The Bertz CT molecular complexity index is 1410. The fraction of sp³-hybridized carbons (Fsp3) is 0.333. The van der Waals surface area contributed by atoms with Gasteiger partial charge in [0, 0.05) is 25.2 Å². The van der Waals surface area contributed by atoms with Crippen LogP contribution in [0.2, 0.25) is 0 Å². The van der Waals surface area contributed by atoms with E-state index in [4.69, 9.17) is 39.0 Å². The normalized spacial score (nSPS) is 13.4. The lowest BCUT2D eigenvalue weighted by molar-refractivity contribution is -0.385. The van der Waals surface area contributed by atoms with E-state index in [0.29, 0.717) is 11.1 Å². The van der Waals surface area contributed by atoms with E-state index in [-0.39, 0.29) is 51.9 Å². The Morgan fingerprint density at radius 3 is 1.82 bits per heavy atom. The van der Waals surface area contributed by atoms with Gasteiger partial charge in [0.15, 0.2) is 21.7 Å². The van der Waals surface area contributed by atoms with Gasteiger partial charge in [-0.25, -0.2) is 0 Å². The minimum atomic E-state index is -1.87. The minimum Gasteiger partial charge on any atom is -0.490 e. The van der Waals surface area contributed by atoms with Crippen LogP contribution in [0.4, 0.5) is 11.4 Å². The Balaban J connectivity index is 2.07. The largest absolute Gasteiger partial charge is 0.490 e. The number of nitro benzene ring substituents is 2. The van der Waals surface area contributed by atoms with Gasteiger partial charge < -0.3 is 40.5 Å². The first-order valence-electron chi connectivity index (χ1n) is 12.4. The van der Waals surface area contributed by atoms with Crippen molar-refractivity contribution in [2.75, 3.05) is 20.8 Å². The number of nitrogens with zero attached hydrogens (tertiary/aromatic N) is 4. The number of hydrogen-bond acceptors (Lipinski definition) is 14. The molecule has 44 heavy (non-hydrogen) atoms. The molecule has 0 saturated carbocycles. The SMILES string of the molecule is COc1ccc(CNC(=S)NN=CC(=NNC(=S)NCc2ccc(OC)c([N+](=O)[O-])c2)[C@@H](O)[C@H](O)[C@H](O)CO)cc1[N+](=O)[O-]. The lowest BCUT2D eigenvalue weighted by Crippen LogP contribution is -2.45. The average Bonchev–Trinajstić information content (AvgIpc) is 3.02.